The van der Waals surface area contributed by atoms with Crippen molar-refractivity contribution in [2.75, 3.05) is 14.2 Å². The number of carbonyl (C=O) groups is 1. The van der Waals surface area contributed by atoms with Crippen LogP contribution in [0.4, 0.5) is 0 Å². The van der Waals surface area contributed by atoms with E-state index in [4.69, 9.17) is 14.6 Å². The molecule has 2 N–H and O–H groups in total. The summed E-state index contributed by atoms with van der Waals surface area (Å²) in [6, 6.07) is 5.53. The number of carboxylic acids is 1. The first-order chi connectivity index (χ1) is 8.99. The zero-order valence-electron chi connectivity index (χ0n) is 11.8. The van der Waals surface area contributed by atoms with Gasteiger partial charge in [-0.1, -0.05) is 13.0 Å². The van der Waals surface area contributed by atoms with Crippen LogP contribution in [0.2, 0.25) is 0 Å². The molecule has 0 aliphatic carbocycles. The van der Waals surface area contributed by atoms with Crippen molar-refractivity contribution in [1.82, 2.24) is 5.32 Å². The molecule has 0 saturated carbocycles. The first-order valence-corrected chi connectivity index (χ1v) is 6.16. The molecule has 0 aliphatic rings. The summed E-state index contributed by atoms with van der Waals surface area (Å²) in [6.07, 6.45) is 0. The number of carboxylic acid groups (broad SMARTS) is 1. The number of benzene rings is 1. The monoisotopic (exact) mass is 267 g/mol. The van der Waals surface area contributed by atoms with Crippen LogP contribution in [-0.4, -0.2) is 31.3 Å². The van der Waals surface area contributed by atoms with Crippen molar-refractivity contribution in [1.29, 1.82) is 0 Å². The van der Waals surface area contributed by atoms with Crippen molar-refractivity contribution in [2.24, 2.45) is 5.92 Å². The van der Waals surface area contributed by atoms with Crippen molar-refractivity contribution in [2.45, 2.75) is 26.4 Å². The molecule has 5 nitrogen and oxygen atoms in total. The largest absolute Gasteiger partial charge is 0.493 e. The predicted molar refractivity (Wildman–Crippen MR) is 72.6 cm³/mol. The van der Waals surface area contributed by atoms with Crippen LogP contribution < -0.4 is 14.8 Å². The Balaban J connectivity index is 2.65. The van der Waals surface area contributed by atoms with Crippen LogP contribution in [0.25, 0.3) is 0 Å². The predicted octanol–water partition coefficient (Wildman–Crippen LogP) is 1.90. The summed E-state index contributed by atoms with van der Waals surface area (Å²) in [5, 5.41) is 12.1. The van der Waals surface area contributed by atoms with Gasteiger partial charge in [0.15, 0.2) is 11.5 Å². The lowest BCUT2D eigenvalue weighted by Crippen LogP contribution is -2.35. The number of rotatable bonds is 7. The fraction of sp³-hybridized carbons (Fsp3) is 0.500. The quantitative estimate of drug-likeness (QED) is 0.789. The molecule has 0 aromatic heterocycles. The van der Waals surface area contributed by atoms with Crippen LogP contribution in [-0.2, 0) is 11.3 Å². The van der Waals surface area contributed by atoms with E-state index < -0.39 is 11.9 Å². The van der Waals surface area contributed by atoms with E-state index in [2.05, 4.69) is 5.32 Å². The summed E-state index contributed by atoms with van der Waals surface area (Å²) in [4.78, 5) is 10.9. The van der Waals surface area contributed by atoms with E-state index in [0.29, 0.717) is 18.0 Å². The molecule has 0 aliphatic heterocycles. The average Bonchev–Trinajstić information content (AvgIpc) is 2.43. The minimum absolute atomic E-state index is 0.106. The molecule has 1 rings (SSSR count). The van der Waals surface area contributed by atoms with Gasteiger partial charge in [-0.25, -0.2) is 0 Å². The van der Waals surface area contributed by atoms with E-state index in [1.165, 1.54) is 0 Å². The summed E-state index contributed by atoms with van der Waals surface area (Å²) < 4.78 is 10.4. The van der Waals surface area contributed by atoms with Crippen LogP contribution in [0.15, 0.2) is 18.2 Å². The fourth-order valence-electron chi connectivity index (χ4n) is 1.66. The van der Waals surface area contributed by atoms with E-state index >= 15 is 0 Å². The Bertz CT molecular complexity index is 433. The first-order valence-electron chi connectivity index (χ1n) is 6.16. The molecule has 0 heterocycles. The Morgan fingerprint density at radius 1 is 1.26 bits per heavy atom. The molecule has 0 saturated heterocycles. The maximum Gasteiger partial charge on any atom is 0.307 e. The van der Waals surface area contributed by atoms with Crippen LogP contribution in [0.1, 0.15) is 19.4 Å². The number of nitrogens with one attached hydrogen (secondary N) is 1. The van der Waals surface area contributed by atoms with E-state index in [1.54, 1.807) is 21.1 Å². The van der Waals surface area contributed by atoms with E-state index in [9.17, 15) is 4.79 Å². The highest BCUT2D eigenvalue weighted by molar-refractivity contribution is 5.70. The van der Waals surface area contributed by atoms with Gasteiger partial charge in [-0.2, -0.15) is 0 Å². The Morgan fingerprint density at radius 3 is 2.42 bits per heavy atom. The molecule has 106 valence electrons. The summed E-state index contributed by atoms with van der Waals surface area (Å²) >= 11 is 0. The highest BCUT2D eigenvalue weighted by Gasteiger charge is 2.18. The molecule has 1 aromatic carbocycles. The van der Waals surface area contributed by atoms with Gasteiger partial charge in [0.2, 0.25) is 0 Å². The van der Waals surface area contributed by atoms with Crippen LogP contribution >= 0.6 is 0 Å². The molecule has 0 fully saturated rings. The molecule has 2 unspecified atom stereocenters. The van der Waals surface area contributed by atoms with Crippen LogP contribution in [0.3, 0.4) is 0 Å². The van der Waals surface area contributed by atoms with Crippen LogP contribution in [0, 0.1) is 5.92 Å². The zero-order valence-corrected chi connectivity index (χ0v) is 11.8. The molecule has 0 bridgehead atoms. The SMILES string of the molecule is COc1ccc(CNC(C)C(C)C(=O)O)cc1OC. The van der Waals surface area contributed by atoms with E-state index in [-0.39, 0.29) is 6.04 Å². The third-order valence-electron chi connectivity index (χ3n) is 3.22. The molecule has 0 spiro atoms. The molecule has 5 heteroatoms. The maximum absolute atomic E-state index is 10.9. The normalized spacial score (nSPS) is 13.7. The summed E-state index contributed by atoms with van der Waals surface area (Å²) in [5.41, 5.74) is 1.02. The minimum atomic E-state index is -0.799. The third-order valence-corrected chi connectivity index (χ3v) is 3.22. The highest BCUT2D eigenvalue weighted by atomic mass is 16.5. The number of hydrogen-bond donors (Lipinski definition) is 2. The Kier molecular flexibility index (Phi) is 5.63. The summed E-state index contributed by atoms with van der Waals surface area (Å²) in [7, 11) is 3.18. The second-order valence-corrected chi connectivity index (χ2v) is 4.49. The van der Waals surface area contributed by atoms with Crippen molar-refractivity contribution in [3.05, 3.63) is 23.8 Å². The number of methoxy groups -OCH3 is 2. The van der Waals surface area contributed by atoms with Crippen molar-refractivity contribution in [3.8, 4) is 11.5 Å². The van der Waals surface area contributed by atoms with Gasteiger partial charge < -0.3 is 19.9 Å². The number of hydrogen-bond acceptors (Lipinski definition) is 4. The van der Waals surface area contributed by atoms with Gasteiger partial charge in [0, 0.05) is 12.6 Å². The maximum atomic E-state index is 10.9. The van der Waals surface area contributed by atoms with Gasteiger partial charge in [0.1, 0.15) is 0 Å². The average molecular weight is 267 g/mol. The third kappa shape index (κ3) is 4.13. The van der Waals surface area contributed by atoms with Crippen molar-refractivity contribution >= 4 is 5.97 Å². The highest BCUT2D eigenvalue weighted by Crippen LogP contribution is 2.27. The molecule has 0 amide bonds. The van der Waals surface area contributed by atoms with Crippen molar-refractivity contribution < 1.29 is 19.4 Å². The lowest BCUT2D eigenvalue weighted by Gasteiger charge is -2.18. The van der Waals surface area contributed by atoms with Crippen molar-refractivity contribution in [3.63, 3.8) is 0 Å². The number of ether oxygens (including phenoxy) is 2. The van der Waals surface area contributed by atoms with E-state index in [1.807, 2.05) is 25.1 Å². The lowest BCUT2D eigenvalue weighted by molar-refractivity contribution is -0.141. The van der Waals surface area contributed by atoms with Gasteiger partial charge in [-0.15, -0.1) is 0 Å². The molecular formula is C14H21NO4. The summed E-state index contributed by atoms with van der Waals surface area (Å²) in [5.74, 6) is 0.117. The molecule has 0 radical (unpaired) electrons. The van der Waals surface area contributed by atoms with E-state index in [0.717, 1.165) is 5.56 Å². The second-order valence-electron chi connectivity index (χ2n) is 4.49. The Labute approximate surface area is 113 Å². The standard InChI is InChI=1S/C14H21NO4/c1-9(14(16)17)10(2)15-8-11-5-6-12(18-3)13(7-11)19-4/h5-7,9-10,15H,8H2,1-4H3,(H,16,17). The summed E-state index contributed by atoms with van der Waals surface area (Å²) in [6.45, 7) is 4.13. The van der Waals surface area contributed by atoms with Gasteiger partial charge >= 0.3 is 5.97 Å². The second kappa shape index (κ2) is 6.99. The zero-order chi connectivity index (χ0) is 14.4. The van der Waals surface area contributed by atoms with Crippen LogP contribution in [0.5, 0.6) is 11.5 Å². The minimum Gasteiger partial charge on any atom is -0.493 e. The fourth-order valence-corrected chi connectivity index (χ4v) is 1.66. The Morgan fingerprint density at radius 2 is 1.89 bits per heavy atom. The molecule has 2 atom stereocenters. The molecule has 19 heavy (non-hydrogen) atoms. The molecular weight excluding hydrogens is 246 g/mol. The van der Waals surface area contributed by atoms with Gasteiger partial charge in [0.05, 0.1) is 20.1 Å². The smallest absolute Gasteiger partial charge is 0.307 e. The van der Waals surface area contributed by atoms with Gasteiger partial charge in [-0.3, -0.25) is 4.79 Å². The number of aliphatic carboxylic acids is 1. The lowest BCUT2D eigenvalue weighted by atomic mass is 10.0. The molecule has 1 aromatic rings. The Hall–Kier alpha value is -1.75. The first kappa shape index (κ1) is 15.3. The topological polar surface area (TPSA) is 67.8 Å². The van der Waals surface area contributed by atoms with Gasteiger partial charge in [-0.05, 0) is 24.6 Å². The van der Waals surface area contributed by atoms with Gasteiger partial charge in [0.25, 0.3) is 0 Å².